The van der Waals surface area contributed by atoms with Gasteiger partial charge in [-0.25, -0.2) is 9.97 Å². The third-order valence-electron chi connectivity index (χ3n) is 4.29. The molecule has 2 fully saturated rings. The molecule has 1 saturated carbocycles. The van der Waals surface area contributed by atoms with Gasteiger partial charge in [0.2, 0.25) is 5.28 Å². The Morgan fingerprint density at radius 1 is 1.11 bits per heavy atom. The SMILES string of the molecule is Cc1cc(N2CCN(C3CCCC3)CC2)nc(Cl)n1. The molecule has 2 aliphatic rings. The summed E-state index contributed by atoms with van der Waals surface area (Å²) in [7, 11) is 0. The molecule has 0 spiro atoms. The number of hydrogen-bond donors (Lipinski definition) is 0. The molecule has 2 heterocycles. The topological polar surface area (TPSA) is 32.3 Å². The smallest absolute Gasteiger partial charge is 0.224 e. The molecule has 1 aromatic rings. The number of aryl methyl sites for hydroxylation is 1. The van der Waals surface area contributed by atoms with Crippen molar-refractivity contribution >= 4 is 17.4 Å². The quantitative estimate of drug-likeness (QED) is 0.779. The van der Waals surface area contributed by atoms with Crippen LogP contribution in [0.25, 0.3) is 0 Å². The van der Waals surface area contributed by atoms with Gasteiger partial charge in [0.15, 0.2) is 0 Å². The molecule has 0 unspecified atom stereocenters. The van der Waals surface area contributed by atoms with Gasteiger partial charge in [-0.3, -0.25) is 4.90 Å². The largest absolute Gasteiger partial charge is 0.354 e. The third-order valence-corrected chi connectivity index (χ3v) is 4.46. The summed E-state index contributed by atoms with van der Waals surface area (Å²) in [4.78, 5) is 13.4. The maximum absolute atomic E-state index is 5.94. The van der Waals surface area contributed by atoms with E-state index in [1.807, 2.05) is 13.0 Å². The van der Waals surface area contributed by atoms with Crippen LogP contribution in [0, 0.1) is 6.92 Å². The minimum Gasteiger partial charge on any atom is -0.354 e. The first-order chi connectivity index (χ1) is 9.22. The van der Waals surface area contributed by atoms with Crippen LogP contribution in [0.2, 0.25) is 5.28 Å². The van der Waals surface area contributed by atoms with Crippen LogP contribution in [-0.2, 0) is 0 Å². The summed E-state index contributed by atoms with van der Waals surface area (Å²) < 4.78 is 0. The van der Waals surface area contributed by atoms with Crippen LogP contribution in [0.1, 0.15) is 31.4 Å². The highest BCUT2D eigenvalue weighted by molar-refractivity contribution is 6.28. The first kappa shape index (κ1) is 13.1. The Hall–Kier alpha value is -0.870. The molecule has 1 aliphatic heterocycles. The van der Waals surface area contributed by atoms with Gasteiger partial charge in [0, 0.05) is 44.0 Å². The highest BCUT2D eigenvalue weighted by atomic mass is 35.5. The van der Waals surface area contributed by atoms with E-state index in [-0.39, 0.29) is 0 Å². The number of rotatable bonds is 2. The Kier molecular flexibility index (Phi) is 3.89. The predicted octanol–water partition coefficient (Wildman–Crippen LogP) is 2.50. The van der Waals surface area contributed by atoms with E-state index in [0.29, 0.717) is 5.28 Å². The van der Waals surface area contributed by atoms with E-state index in [1.54, 1.807) is 0 Å². The summed E-state index contributed by atoms with van der Waals surface area (Å²) in [5, 5.41) is 0.355. The van der Waals surface area contributed by atoms with Crippen molar-refractivity contribution in [2.75, 3.05) is 31.1 Å². The predicted molar refractivity (Wildman–Crippen MR) is 77.8 cm³/mol. The average molecular weight is 281 g/mol. The van der Waals surface area contributed by atoms with E-state index in [1.165, 1.54) is 25.7 Å². The first-order valence-electron chi connectivity index (χ1n) is 7.22. The van der Waals surface area contributed by atoms with E-state index in [4.69, 9.17) is 11.6 Å². The molecule has 1 aliphatic carbocycles. The van der Waals surface area contributed by atoms with Crippen LogP contribution >= 0.6 is 11.6 Å². The number of hydrogen-bond acceptors (Lipinski definition) is 4. The number of aromatic nitrogens is 2. The van der Waals surface area contributed by atoms with Crippen molar-refractivity contribution in [2.45, 2.75) is 38.6 Å². The van der Waals surface area contributed by atoms with E-state index >= 15 is 0 Å². The molecule has 3 rings (SSSR count). The molecular weight excluding hydrogens is 260 g/mol. The highest BCUT2D eigenvalue weighted by Crippen LogP contribution is 2.25. The number of piperazine rings is 1. The zero-order chi connectivity index (χ0) is 13.2. The van der Waals surface area contributed by atoms with Crippen LogP contribution < -0.4 is 4.90 Å². The zero-order valence-electron chi connectivity index (χ0n) is 11.5. The summed E-state index contributed by atoms with van der Waals surface area (Å²) in [6.07, 6.45) is 5.59. The summed E-state index contributed by atoms with van der Waals surface area (Å²) in [5.74, 6) is 0.976. The molecule has 0 N–H and O–H groups in total. The van der Waals surface area contributed by atoms with Gasteiger partial charge in [-0.1, -0.05) is 12.8 Å². The number of nitrogens with zero attached hydrogens (tertiary/aromatic N) is 4. The minimum atomic E-state index is 0.355. The first-order valence-corrected chi connectivity index (χ1v) is 7.60. The molecular formula is C14H21ClN4. The van der Waals surface area contributed by atoms with E-state index in [9.17, 15) is 0 Å². The summed E-state index contributed by atoms with van der Waals surface area (Å²) in [6, 6.07) is 2.86. The standard InChI is InChI=1S/C14H21ClN4/c1-11-10-13(17-14(15)16-11)19-8-6-18(7-9-19)12-4-2-3-5-12/h10,12H,2-9H2,1H3. The molecule has 0 radical (unpaired) electrons. The van der Waals surface area contributed by atoms with E-state index < -0.39 is 0 Å². The molecule has 0 atom stereocenters. The highest BCUT2D eigenvalue weighted by Gasteiger charge is 2.26. The zero-order valence-corrected chi connectivity index (χ0v) is 12.2. The third kappa shape index (κ3) is 3.00. The monoisotopic (exact) mass is 280 g/mol. The summed E-state index contributed by atoms with van der Waals surface area (Å²) >= 11 is 5.94. The van der Waals surface area contributed by atoms with Gasteiger partial charge >= 0.3 is 0 Å². The lowest BCUT2D eigenvalue weighted by Gasteiger charge is -2.38. The second-order valence-corrected chi connectivity index (χ2v) is 5.94. The summed E-state index contributed by atoms with van der Waals surface area (Å²) in [6.45, 7) is 6.34. The van der Waals surface area contributed by atoms with Crippen molar-refractivity contribution in [1.82, 2.24) is 14.9 Å². The van der Waals surface area contributed by atoms with Crippen molar-refractivity contribution in [2.24, 2.45) is 0 Å². The fourth-order valence-corrected chi connectivity index (χ4v) is 3.48. The Morgan fingerprint density at radius 2 is 1.79 bits per heavy atom. The average Bonchev–Trinajstić information content (AvgIpc) is 2.91. The Morgan fingerprint density at radius 3 is 2.42 bits per heavy atom. The Bertz CT molecular complexity index is 417. The van der Waals surface area contributed by atoms with Gasteiger partial charge in [0.25, 0.3) is 0 Å². The summed E-state index contributed by atoms with van der Waals surface area (Å²) in [5.41, 5.74) is 0.938. The van der Waals surface area contributed by atoms with Crippen molar-refractivity contribution in [3.8, 4) is 0 Å². The lowest BCUT2D eigenvalue weighted by Crippen LogP contribution is -2.50. The Labute approximate surface area is 119 Å². The molecule has 0 amide bonds. The maximum Gasteiger partial charge on any atom is 0.224 e. The molecule has 5 heteroatoms. The molecule has 19 heavy (non-hydrogen) atoms. The Balaban J connectivity index is 1.63. The molecule has 1 aromatic heterocycles. The molecule has 0 bridgehead atoms. The van der Waals surface area contributed by atoms with Gasteiger partial charge in [-0.2, -0.15) is 0 Å². The fraction of sp³-hybridized carbons (Fsp3) is 0.714. The van der Waals surface area contributed by atoms with Crippen molar-refractivity contribution < 1.29 is 0 Å². The van der Waals surface area contributed by atoms with Crippen LogP contribution in [0.15, 0.2) is 6.07 Å². The second kappa shape index (κ2) is 5.63. The van der Waals surface area contributed by atoms with E-state index in [0.717, 1.165) is 43.7 Å². The van der Waals surface area contributed by atoms with Gasteiger partial charge in [-0.15, -0.1) is 0 Å². The van der Waals surface area contributed by atoms with Gasteiger partial charge in [-0.05, 0) is 31.4 Å². The second-order valence-electron chi connectivity index (χ2n) is 5.60. The number of anilines is 1. The molecule has 0 aromatic carbocycles. The van der Waals surface area contributed by atoms with Gasteiger partial charge in [0.1, 0.15) is 5.82 Å². The van der Waals surface area contributed by atoms with E-state index in [2.05, 4.69) is 19.8 Å². The fourth-order valence-electron chi connectivity index (χ4n) is 3.26. The number of halogens is 1. The maximum atomic E-state index is 5.94. The lowest BCUT2D eigenvalue weighted by atomic mass is 10.2. The van der Waals surface area contributed by atoms with Crippen LogP contribution in [0.3, 0.4) is 0 Å². The molecule has 1 saturated heterocycles. The van der Waals surface area contributed by atoms with Gasteiger partial charge in [0.05, 0.1) is 0 Å². The molecule has 104 valence electrons. The van der Waals surface area contributed by atoms with Crippen LogP contribution in [-0.4, -0.2) is 47.1 Å². The van der Waals surface area contributed by atoms with Gasteiger partial charge < -0.3 is 4.90 Å². The lowest BCUT2D eigenvalue weighted by molar-refractivity contribution is 0.187. The van der Waals surface area contributed by atoms with Crippen molar-refractivity contribution in [3.05, 3.63) is 17.0 Å². The molecule has 4 nitrogen and oxygen atoms in total. The van der Waals surface area contributed by atoms with Crippen molar-refractivity contribution in [1.29, 1.82) is 0 Å². The van der Waals surface area contributed by atoms with Crippen LogP contribution in [0.4, 0.5) is 5.82 Å². The minimum absolute atomic E-state index is 0.355. The normalized spacial score (nSPS) is 22.1. The van der Waals surface area contributed by atoms with Crippen molar-refractivity contribution in [3.63, 3.8) is 0 Å². The van der Waals surface area contributed by atoms with Crippen LogP contribution in [0.5, 0.6) is 0 Å².